The van der Waals surface area contributed by atoms with E-state index in [1.54, 1.807) is 0 Å². The Hall–Kier alpha value is -0.870. The number of piperidine rings is 1. The van der Waals surface area contributed by atoms with Gasteiger partial charge in [0.25, 0.3) is 5.91 Å². The number of rotatable bonds is 2. The summed E-state index contributed by atoms with van der Waals surface area (Å²) in [5.41, 5.74) is 0. The predicted molar refractivity (Wildman–Crippen MR) is 69.4 cm³/mol. The lowest BCUT2D eigenvalue weighted by Crippen LogP contribution is -2.46. The van der Waals surface area contributed by atoms with Gasteiger partial charge in [0, 0.05) is 18.6 Å². The van der Waals surface area contributed by atoms with Crippen LogP contribution in [-0.2, 0) is 0 Å². The molecule has 2 saturated heterocycles. The molecule has 3 nitrogen and oxygen atoms in total. The molecule has 1 N–H and O–H groups in total. The van der Waals surface area contributed by atoms with Crippen molar-refractivity contribution in [3.63, 3.8) is 0 Å². The Kier molecular flexibility index (Phi) is 3.16. The molecule has 0 spiro atoms. The van der Waals surface area contributed by atoms with E-state index in [0.29, 0.717) is 12.1 Å². The van der Waals surface area contributed by atoms with Crippen molar-refractivity contribution in [2.24, 2.45) is 0 Å². The third kappa shape index (κ3) is 2.24. The average molecular weight is 250 g/mol. The molecule has 3 heterocycles. The van der Waals surface area contributed by atoms with Gasteiger partial charge in [-0.05, 0) is 37.3 Å². The summed E-state index contributed by atoms with van der Waals surface area (Å²) in [6.07, 6.45) is 4.99. The maximum absolute atomic E-state index is 12.0. The minimum atomic E-state index is 0.109. The van der Waals surface area contributed by atoms with E-state index < -0.39 is 0 Å². The first kappa shape index (κ1) is 11.2. The van der Waals surface area contributed by atoms with Crippen molar-refractivity contribution in [2.75, 3.05) is 13.1 Å². The second-order valence-electron chi connectivity index (χ2n) is 4.95. The Morgan fingerprint density at radius 2 is 2.29 bits per heavy atom. The lowest BCUT2D eigenvalue weighted by Gasteiger charge is -2.32. The van der Waals surface area contributed by atoms with E-state index in [0.717, 1.165) is 17.8 Å². The van der Waals surface area contributed by atoms with Crippen molar-refractivity contribution < 1.29 is 4.79 Å². The minimum Gasteiger partial charge on any atom is -0.347 e. The molecule has 0 aliphatic carbocycles. The van der Waals surface area contributed by atoms with Gasteiger partial charge >= 0.3 is 0 Å². The van der Waals surface area contributed by atoms with Gasteiger partial charge < -0.3 is 5.32 Å². The van der Waals surface area contributed by atoms with Crippen LogP contribution in [0.4, 0.5) is 0 Å². The molecule has 0 radical (unpaired) electrons. The van der Waals surface area contributed by atoms with Gasteiger partial charge in [0.15, 0.2) is 0 Å². The summed E-state index contributed by atoms with van der Waals surface area (Å²) in [4.78, 5) is 15.4. The molecule has 17 heavy (non-hydrogen) atoms. The van der Waals surface area contributed by atoms with Gasteiger partial charge in [0.1, 0.15) is 0 Å². The van der Waals surface area contributed by atoms with Crippen LogP contribution in [0.25, 0.3) is 0 Å². The van der Waals surface area contributed by atoms with E-state index >= 15 is 0 Å². The molecular formula is C13H18N2OS. The van der Waals surface area contributed by atoms with Crippen LogP contribution < -0.4 is 5.32 Å². The topological polar surface area (TPSA) is 32.3 Å². The third-order valence-corrected chi connectivity index (χ3v) is 4.79. The van der Waals surface area contributed by atoms with Crippen LogP contribution in [0.3, 0.4) is 0 Å². The molecule has 1 aromatic rings. The van der Waals surface area contributed by atoms with E-state index in [1.165, 1.54) is 37.1 Å². The molecule has 4 heteroatoms. The van der Waals surface area contributed by atoms with Crippen LogP contribution in [0.5, 0.6) is 0 Å². The zero-order valence-electron chi connectivity index (χ0n) is 9.89. The minimum absolute atomic E-state index is 0.109. The van der Waals surface area contributed by atoms with Crippen molar-refractivity contribution in [3.05, 3.63) is 22.4 Å². The number of amides is 1. The Labute approximate surface area is 106 Å². The summed E-state index contributed by atoms with van der Waals surface area (Å²) in [5.74, 6) is 0.109. The highest BCUT2D eigenvalue weighted by Gasteiger charge is 2.36. The van der Waals surface area contributed by atoms with Crippen LogP contribution in [0.1, 0.15) is 35.4 Å². The third-order valence-electron chi connectivity index (χ3n) is 3.92. The maximum Gasteiger partial charge on any atom is 0.261 e. The maximum atomic E-state index is 12.0. The fraction of sp³-hybridized carbons (Fsp3) is 0.615. The first-order valence-corrected chi connectivity index (χ1v) is 7.31. The first-order chi connectivity index (χ1) is 8.34. The van der Waals surface area contributed by atoms with E-state index in [-0.39, 0.29) is 5.91 Å². The van der Waals surface area contributed by atoms with Crippen LogP contribution in [-0.4, -0.2) is 36.0 Å². The molecule has 2 fully saturated rings. The SMILES string of the molecule is O=C(NC1CCN2CCCCC12)c1cccs1. The number of carbonyl (C=O) groups is 1. The molecule has 2 aliphatic heterocycles. The summed E-state index contributed by atoms with van der Waals surface area (Å²) < 4.78 is 0. The average Bonchev–Trinajstić information content (AvgIpc) is 2.98. The van der Waals surface area contributed by atoms with Gasteiger partial charge in [-0.1, -0.05) is 12.5 Å². The normalized spacial score (nSPS) is 28.9. The van der Waals surface area contributed by atoms with E-state index in [4.69, 9.17) is 0 Å². The summed E-state index contributed by atoms with van der Waals surface area (Å²) in [6.45, 7) is 2.37. The molecule has 2 unspecified atom stereocenters. The summed E-state index contributed by atoms with van der Waals surface area (Å²) in [6, 6.07) is 4.78. The molecule has 2 atom stereocenters. The van der Waals surface area contributed by atoms with Gasteiger partial charge in [-0.15, -0.1) is 11.3 Å². The Morgan fingerprint density at radius 3 is 3.12 bits per heavy atom. The van der Waals surface area contributed by atoms with Gasteiger partial charge in [-0.25, -0.2) is 0 Å². The fourth-order valence-electron chi connectivity index (χ4n) is 3.06. The lowest BCUT2D eigenvalue weighted by molar-refractivity contribution is 0.0919. The molecule has 92 valence electrons. The standard InChI is InChI=1S/C13H18N2OS/c16-13(12-5-3-9-17-12)14-10-6-8-15-7-2-1-4-11(10)15/h3,5,9-11H,1-2,4,6-8H2,(H,14,16). The number of carbonyl (C=O) groups excluding carboxylic acids is 1. The Morgan fingerprint density at radius 1 is 1.35 bits per heavy atom. The molecule has 2 aliphatic rings. The van der Waals surface area contributed by atoms with E-state index in [9.17, 15) is 4.79 Å². The van der Waals surface area contributed by atoms with Crippen molar-refractivity contribution in [1.29, 1.82) is 0 Å². The van der Waals surface area contributed by atoms with Crippen LogP contribution in [0.15, 0.2) is 17.5 Å². The molecule has 0 aromatic carbocycles. The quantitative estimate of drug-likeness (QED) is 0.872. The van der Waals surface area contributed by atoms with Crippen molar-refractivity contribution in [1.82, 2.24) is 10.2 Å². The lowest BCUT2D eigenvalue weighted by atomic mass is 9.99. The molecule has 0 saturated carbocycles. The number of nitrogens with zero attached hydrogens (tertiary/aromatic N) is 1. The highest BCUT2D eigenvalue weighted by atomic mass is 32.1. The van der Waals surface area contributed by atoms with Crippen LogP contribution in [0, 0.1) is 0 Å². The Balaban J connectivity index is 1.64. The van der Waals surface area contributed by atoms with Crippen LogP contribution >= 0.6 is 11.3 Å². The first-order valence-electron chi connectivity index (χ1n) is 6.43. The molecule has 3 rings (SSSR count). The molecular weight excluding hydrogens is 232 g/mol. The number of nitrogens with one attached hydrogen (secondary N) is 1. The van der Waals surface area contributed by atoms with Gasteiger partial charge in [-0.2, -0.15) is 0 Å². The summed E-state index contributed by atoms with van der Waals surface area (Å²) in [7, 11) is 0. The van der Waals surface area contributed by atoms with Gasteiger partial charge in [-0.3, -0.25) is 9.69 Å². The van der Waals surface area contributed by atoms with Crippen molar-refractivity contribution >= 4 is 17.2 Å². The van der Waals surface area contributed by atoms with E-state index in [1.807, 2.05) is 17.5 Å². The summed E-state index contributed by atoms with van der Waals surface area (Å²) >= 11 is 1.52. The molecule has 1 aromatic heterocycles. The monoisotopic (exact) mass is 250 g/mol. The number of hydrogen-bond donors (Lipinski definition) is 1. The van der Waals surface area contributed by atoms with Gasteiger partial charge in [0.2, 0.25) is 0 Å². The van der Waals surface area contributed by atoms with Gasteiger partial charge in [0.05, 0.1) is 4.88 Å². The molecule has 0 bridgehead atoms. The number of thiophene rings is 1. The van der Waals surface area contributed by atoms with Crippen LogP contribution in [0.2, 0.25) is 0 Å². The molecule has 1 amide bonds. The highest BCUT2D eigenvalue weighted by Crippen LogP contribution is 2.27. The largest absolute Gasteiger partial charge is 0.347 e. The highest BCUT2D eigenvalue weighted by molar-refractivity contribution is 7.12. The predicted octanol–water partition coefficient (Wildman–Crippen LogP) is 2.10. The summed E-state index contributed by atoms with van der Waals surface area (Å²) in [5, 5.41) is 5.17. The zero-order chi connectivity index (χ0) is 11.7. The zero-order valence-corrected chi connectivity index (χ0v) is 10.7. The van der Waals surface area contributed by atoms with Crippen molar-refractivity contribution in [2.45, 2.75) is 37.8 Å². The van der Waals surface area contributed by atoms with E-state index in [2.05, 4.69) is 10.2 Å². The number of fused-ring (bicyclic) bond motifs is 1. The second kappa shape index (κ2) is 4.78. The van der Waals surface area contributed by atoms with Crippen molar-refractivity contribution in [3.8, 4) is 0 Å². The smallest absolute Gasteiger partial charge is 0.261 e. The fourth-order valence-corrected chi connectivity index (χ4v) is 3.69. The Bertz CT molecular complexity index is 390. The second-order valence-corrected chi connectivity index (χ2v) is 5.89. The number of hydrogen-bond acceptors (Lipinski definition) is 3.